The molecule has 0 amide bonds. The van der Waals surface area contributed by atoms with Gasteiger partial charge in [0.05, 0.1) is 0 Å². The maximum Gasteiger partial charge on any atom is 0.329 e. The third kappa shape index (κ3) is 1.06. The zero-order valence-corrected chi connectivity index (χ0v) is 8.10. The summed E-state index contributed by atoms with van der Waals surface area (Å²) in [5, 5.41) is 18.8. The molecule has 5 nitrogen and oxygen atoms in total. The molecule has 0 spiro atoms. The fraction of sp³-hybridized carbons (Fsp3) is 0.667. The lowest BCUT2D eigenvalue weighted by molar-refractivity contribution is -0.246. The number of hydrogen-bond acceptors (Lipinski definition) is 4. The first-order valence-electron chi connectivity index (χ1n) is 4.54. The summed E-state index contributed by atoms with van der Waals surface area (Å²) in [6.07, 6.45) is 1.80. The van der Waals surface area contributed by atoms with Crippen LogP contribution in [0.15, 0.2) is 11.8 Å². The predicted molar refractivity (Wildman–Crippen MR) is 47.1 cm³/mol. The second kappa shape index (κ2) is 2.71. The Morgan fingerprint density at radius 2 is 2.43 bits per heavy atom. The number of carbonyl (C=O) groups is 1. The SMILES string of the molecule is C/C=C1\OC2CC(C)(O)N2[C@H]1C(=O)O. The van der Waals surface area contributed by atoms with E-state index in [4.69, 9.17) is 9.84 Å². The van der Waals surface area contributed by atoms with E-state index in [0.29, 0.717) is 12.2 Å². The van der Waals surface area contributed by atoms with Gasteiger partial charge in [-0.2, -0.15) is 0 Å². The zero-order valence-electron chi connectivity index (χ0n) is 8.10. The monoisotopic (exact) mass is 199 g/mol. The van der Waals surface area contributed by atoms with Gasteiger partial charge in [0.2, 0.25) is 0 Å². The van der Waals surface area contributed by atoms with Crippen LogP contribution in [0.1, 0.15) is 20.3 Å². The van der Waals surface area contributed by atoms with Crippen molar-refractivity contribution in [2.24, 2.45) is 0 Å². The Morgan fingerprint density at radius 1 is 1.79 bits per heavy atom. The summed E-state index contributed by atoms with van der Waals surface area (Å²) < 4.78 is 5.37. The minimum Gasteiger partial charge on any atom is -0.480 e. The first-order valence-corrected chi connectivity index (χ1v) is 4.54. The van der Waals surface area contributed by atoms with E-state index in [-0.39, 0.29) is 6.23 Å². The average molecular weight is 199 g/mol. The zero-order chi connectivity index (χ0) is 10.5. The smallest absolute Gasteiger partial charge is 0.329 e. The van der Waals surface area contributed by atoms with Gasteiger partial charge in [-0.3, -0.25) is 4.79 Å². The molecular formula is C9H13NO4. The van der Waals surface area contributed by atoms with Crippen molar-refractivity contribution >= 4 is 5.97 Å². The predicted octanol–water partition coefficient (Wildman–Crippen LogP) is 0.114. The minimum absolute atomic E-state index is 0.280. The van der Waals surface area contributed by atoms with Gasteiger partial charge in [-0.15, -0.1) is 0 Å². The second-order valence-electron chi connectivity index (χ2n) is 3.83. The lowest BCUT2D eigenvalue weighted by Gasteiger charge is -2.48. The van der Waals surface area contributed by atoms with Crippen molar-refractivity contribution in [3.8, 4) is 0 Å². The molecule has 3 atom stereocenters. The highest BCUT2D eigenvalue weighted by atomic mass is 16.5. The topological polar surface area (TPSA) is 70.0 Å². The molecule has 2 aliphatic rings. The summed E-state index contributed by atoms with van der Waals surface area (Å²) in [6.45, 7) is 3.33. The molecule has 2 heterocycles. The Labute approximate surface area is 81.6 Å². The van der Waals surface area contributed by atoms with Gasteiger partial charge >= 0.3 is 5.97 Å². The van der Waals surface area contributed by atoms with Crippen molar-refractivity contribution in [3.05, 3.63) is 11.8 Å². The molecule has 14 heavy (non-hydrogen) atoms. The molecule has 2 saturated heterocycles. The molecule has 2 aliphatic heterocycles. The summed E-state index contributed by atoms with van der Waals surface area (Å²) in [5.74, 6) is -0.569. The molecule has 0 aromatic rings. The number of fused-ring (bicyclic) bond motifs is 1. The number of carboxylic acids is 1. The van der Waals surface area contributed by atoms with Crippen LogP contribution in [0.25, 0.3) is 0 Å². The summed E-state index contributed by atoms with van der Waals surface area (Å²) in [5.41, 5.74) is -1.06. The molecule has 0 radical (unpaired) electrons. The Morgan fingerprint density at radius 3 is 2.86 bits per heavy atom. The van der Waals surface area contributed by atoms with Crippen LogP contribution in [0.4, 0.5) is 0 Å². The summed E-state index contributed by atoms with van der Waals surface area (Å²) in [6, 6.07) is -0.839. The van der Waals surface area contributed by atoms with Crippen LogP contribution in [0.5, 0.6) is 0 Å². The molecule has 0 aliphatic carbocycles. The van der Waals surface area contributed by atoms with Crippen LogP contribution in [0, 0.1) is 0 Å². The quantitative estimate of drug-likeness (QED) is 0.627. The number of nitrogens with zero attached hydrogens (tertiary/aromatic N) is 1. The van der Waals surface area contributed by atoms with Crippen molar-refractivity contribution in [3.63, 3.8) is 0 Å². The lowest BCUT2D eigenvalue weighted by Crippen LogP contribution is -2.65. The fourth-order valence-corrected chi connectivity index (χ4v) is 2.10. The Kier molecular flexibility index (Phi) is 1.84. The van der Waals surface area contributed by atoms with Crippen LogP contribution >= 0.6 is 0 Å². The van der Waals surface area contributed by atoms with Crippen molar-refractivity contribution in [1.29, 1.82) is 0 Å². The molecule has 2 N–H and O–H groups in total. The van der Waals surface area contributed by atoms with E-state index in [9.17, 15) is 9.90 Å². The largest absolute Gasteiger partial charge is 0.480 e. The van der Waals surface area contributed by atoms with E-state index < -0.39 is 17.7 Å². The second-order valence-corrected chi connectivity index (χ2v) is 3.83. The van der Waals surface area contributed by atoms with Gasteiger partial charge in [0.15, 0.2) is 12.3 Å². The van der Waals surface area contributed by atoms with E-state index >= 15 is 0 Å². The van der Waals surface area contributed by atoms with Crippen molar-refractivity contribution < 1.29 is 19.7 Å². The number of aliphatic carboxylic acids is 1. The maximum absolute atomic E-state index is 11.0. The van der Waals surface area contributed by atoms with Gasteiger partial charge in [0.1, 0.15) is 11.5 Å². The third-order valence-electron chi connectivity index (χ3n) is 2.77. The van der Waals surface area contributed by atoms with Crippen LogP contribution < -0.4 is 0 Å². The number of carboxylic acid groups (broad SMARTS) is 1. The molecule has 78 valence electrons. The third-order valence-corrected chi connectivity index (χ3v) is 2.77. The maximum atomic E-state index is 11.0. The molecule has 5 heteroatoms. The van der Waals surface area contributed by atoms with Gasteiger partial charge in [0, 0.05) is 6.42 Å². The highest BCUT2D eigenvalue weighted by Gasteiger charge is 2.60. The number of ether oxygens (including phenoxy) is 1. The summed E-state index contributed by atoms with van der Waals surface area (Å²) >= 11 is 0. The van der Waals surface area contributed by atoms with Crippen LogP contribution in [0.2, 0.25) is 0 Å². The number of aliphatic hydroxyl groups is 1. The van der Waals surface area contributed by atoms with Gasteiger partial charge < -0.3 is 14.9 Å². The molecule has 2 rings (SSSR count). The molecular weight excluding hydrogens is 186 g/mol. The van der Waals surface area contributed by atoms with Gasteiger partial charge in [-0.05, 0) is 19.9 Å². The molecule has 0 saturated carbocycles. The minimum atomic E-state index is -1.06. The molecule has 2 fully saturated rings. The normalized spacial score (nSPS) is 44.4. The van der Waals surface area contributed by atoms with Gasteiger partial charge in [0.25, 0.3) is 0 Å². The van der Waals surface area contributed by atoms with E-state index in [2.05, 4.69) is 0 Å². The van der Waals surface area contributed by atoms with E-state index in [1.165, 1.54) is 4.90 Å². The molecule has 0 bridgehead atoms. The molecule has 0 aromatic carbocycles. The fourth-order valence-electron chi connectivity index (χ4n) is 2.10. The number of allylic oxidation sites excluding steroid dienone is 1. The number of hydrogen-bond donors (Lipinski definition) is 2. The highest BCUT2D eigenvalue weighted by Crippen LogP contribution is 2.45. The van der Waals surface area contributed by atoms with Crippen molar-refractivity contribution in [2.45, 2.75) is 38.3 Å². The Hall–Kier alpha value is -1.07. The molecule has 2 unspecified atom stereocenters. The average Bonchev–Trinajstić information content (AvgIpc) is 2.39. The Bertz CT molecular complexity index is 310. The van der Waals surface area contributed by atoms with Crippen LogP contribution in [0.3, 0.4) is 0 Å². The van der Waals surface area contributed by atoms with E-state index in [0.717, 1.165) is 0 Å². The van der Waals surface area contributed by atoms with Crippen LogP contribution in [-0.2, 0) is 9.53 Å². The van der Waals surface area contributed by atoms with Crippen LogP contribution in [-0.4, -0.2) is 39.1 Å². The first kappa shape index (κ1) is 9.48. The van der Waals surface area contributed by atoms with Crippen molar-refractivity contribution in [1.82, 2.24) is 4.90 Å². The summed E-state index contributed by atoms with van der Waals surface area (Å²) in [4.78, 5) is 12.5. The van der Waals surface area contributed by atoms with Gasteiger partial charge in [-0.25, -0.2) is 4.90 Å². The summed E-state index contributed by atoms with van der Waals surface area (Å²) in [7, 11) is 0. The standard InChI is InChI=1S/C9H13NO4/c1-3-5-7(8(11)12)10-6(14-5)4-9(10,2)13/h3,6-7,13H,4H2,1-2H3,(H,11,12)/b5-3-/t6?,7-,9?/m1/s1. The highest BCUT2D eigenvalue weighted by molar-refractivity contribution is 5.77. The van der Waals surface area contributed by atoms with Gasteiger partial charge in [-0.1, -0.05) is 0 Å². The van der Waals surface area contributed by atoms with E-state index in [1.54, 1.807) is 19.9 Å². The number of rotatable bonds is 1. The van der Waals surface area contributed by atoms with E-state index in [1.807, 2.05) is 0 Å². The first-order chi connectivity index (χ1) is 6.47. The lowest BCUT2D eigenvalue weighted by atomic mass is 9.96. The van der Waals surface area contributed by atoms with Crippen molar-refractivity contribution in [2.75, 3.05) is 0 Å². The Balaban J connectivity index is 2.30. The molecule has 0 aromatic heterocycles.